The van der Waals surface area contributed by atoms with Crippen molar-refractivity contribution in [1.29, 1.82) is 0 Å². The third-order valence-corrected chi connectivity index (χ3v) is 6.02. The summed E-state index contributed by atoms with van der Waals surface area (Å²) >= 11 is 0. The van der Waals surface area contributed by atoms with Gasteiger partial charge in [0.2, 0.25) is 0 Å². The van der Waals surface area contributed by atoms with Crippen molar-refractivity contribution in [3.05, 3.63) is 85.5 Å². The SMILES string of the molecule is C=C(CC)Nc1cncc(-c2ccc3[nH]nc(-c4nc5c(-c6cccnc6)nccc5[nH]4)c3c2F)c1. The average Bonchev–Trinajstić information content (AvgIpc) is 3.54. The number of fused-ring (bicyclic) bond motifs is 2. The summed E-state index contributed by atoms with van der Waals surface area (Å²) in [5.41, 5.74) is 6.57. The van der Waals surface area contributed by atoms with E-state index in [1.165, 1.54) is 0 Å². The molecule has 0 saturated heterocycles. The number of nitrogens with one attached hydrogen (secondary N) is 3. The molecular formula is C27H21FN8. The molecule has 8 nitrogen and oxygen atoms in total. The highest BCUT2D eigenvalue weighted by Gasteiger charge is 2.20. The minimum absolute atomic E-state index is 0.346. The lowest BCUT2D eigenvalue weighted by Gasteiger charge is -2.10. The summed E-state index contributed by atoms with van der Waals surface area (Å²) in [5.74, 6) is 0.0359. The van der Waals surface area contributed by atoms with E-state index < -0.39 is 5.82 Å². The topological polar surface area (TPSA) is 108 Å². The molecular weight excluding hydrogens is 455 g/mol. The summed E-state index contributed by atoms with van der Waals surface area (Å²) in [6.07, 6.45) is 9.24. The second-order valence-corrected chi connectivity index (χ2v) is 8.35. The van der Waals surface area contributed by atoms with Crippen molar-refractivity contribution in [3.8, 4) is 33.9 Å². The summed E-state index contributed by atoms with van der Waals surface area (Å²) in [7, 11) is 0. The van der Waals surface area contributed by atoms with Crippen molar-refractivity contribution in [3.63, 3.8) is 0 Å². The molecule has 0 unspecified atom stereocenters. The first-order valence-electron chi connectivity index (χ1n) is 11.4. The molecule has 3 N–H and O–H groups in total. The van der Waals surface area contributed by atoms with Gasteiger partial charge in [0.15, 0.2) is 5.82 Å². The van der Waals surface area contributed by atoms with Gasteiger partial charge in [-0.25, -0.2) is 9.37 Å². The number of pyridine rings is 3. The van der Waals surface area contributed by atoms with Gasteiger partial charge >= 0.3 is 0 Å². The highest BCUT2D eigenvalue weighted by molar-refractivity contribution is 5.98. The van der Waals surface area contributed by atoms with Crippen molar-refractivity contribution >= 4 is 27.6 Å². The first-order chi connectivity index (χ1) is 17.6. The number of benzene rings is 1. The molecule has 0 amide bonds. The predicted molar refractivity (Wildman–Crippen MR) is 138 cm³/mol. The Morgan fingerprint density at radius 1 is 1.00 bits per heavy atom. The predicted octanol–water partition coefficient (Wildman–Crippen LogP) is 6.10. The minimum Gasteiger partial charge on any atom is -0.358 e. The molecule has 0 aliphatic carbocycles. The van der Waals surface area contributed by atoms with Crippen LogP contribution in [0.3, 0.4) is 0 Å². The molecule has 5 aromatic heterocycles. The third kappa shape index (κ3) is 3.67. The summed E-state index contributed by atoms with van der Waals surface area (Å²) in [5, 5.41) is 10.9. The van der Waals surface area contributed by atoms with E-state index in [2.05, 4.69) is 42.0 Å². The van der Waals surface area contributed by atoms with Gasteiger partial charge in [0, 0.05) is 47.2 Å². The quantitative estimate of drug-likeness (QED) is 0.268. The van der Waals surface area contributed by atoms with Gasteiger partial charge in [0.25, 0.3) is 0 Å². The van der Waals surface area contributed by atoms with Crippen LogP contribution in [0.15, 0.2) is 79.7 Å². The van der Waals surface area contributed by atoms with Gasteiger partial charge < -0.3 is 10.3 Å². The number of anilines is 1. The Kier molecular flexibility index (Phi) is 5.22. The largest absolute Gasteiger partial charge is 0.358 e. The Balaban J connectivity index is 1.47. The molecule has 0 bridgehead atoms. The van der Waals surface area contributed by atoms with E-state index in [0.29, 0.717) is 44.8 Å². The van der Waals surface area contributed by atoms with Gasteiger partial charge in [-0.2, -0.15) is 5.10 Å². The molecule has 5 heterocycles. The van der Waals surface area contributed by atoms with E-state index in [9.17, 15) is 0 Å². The molecule has 6 rings (SSSR count). The van der Waals surface area contributed by atoms with E-state index in [4.69, 9.17) is 4.98 Å². The maximum Gasteiger partial charge on any atom is 0.159 e. The number of rotatable bonds is 6. The van der Waals surface area contributed by atoms with Crippen LogP contribution < -0.4 is 5.32 Å². The highest BCUT2D eigenvalue weighted by Crippen LogP contribution is 2.35. The number of halogens is 1. The Bertz CT molecular complexity index is 1740. The number of H-pyrrole nitrogens is 2. The molecule has 0 radical (unpaired) electrons. The fourth-order valence-corrected chi connectivity index (χ4v) is 4.18. The fourth-order valence-electron chi connectivity index (χ4n) is 4.18. The number of allylic oxidation sites excluding steroid dienone is 1. The number of imidazole rings is 1. The maximum atomic E-state index is 16.0. The van der Waals surface area contributed by atoms with Crippen molar-refractivity contribution in [1.82, 2.24) is 35.1 Å². The van der Waals surface area contributed by atoms with Crippen LogP contribution >= 0.6 is 0 Å². The molecule has 0 aliphatic rings. The molecule has 0 fully saturated rings. The van der Waals surface area contributed by atoms with Crippen molar-refractivity contribution in [2.45, 2.75) is 13.3 Å². The minimum atomic E-state index is -0.407. The lowest BCUT2D eigenvalue weighted by Crippen LogP contribution is -1.97. The molecule has 0 saturated carbocycles. The normalized spacial score (nSPS) is 11.3. The maximum absolute atomic E-state index is 16.0. The molecule has 0 atom stereocenters. The second kappa shape index (κ2) is 8.70. The number of hydrogen-bond acceptors (Lipinski definition) is 6. The van der Waals surface area contributed by atoms with E-state index >= 15 is 4.39 Å². The number of aromatic nitrogens is 7. The molecule has 36 heavy (non-hydrogen) atoms. The summed E-state index contributed by atoms with van der Waals surface area (Å²) in [6.45, 7) is 5.98. The molecule has 0 spiro atoms. The van der Waals surface area contributed by atoms with Crippen LogP contribution in [0.5, 0.6) is 0 Å². The second-order valence-electron chi connectivity index (χ2n) is 8.35. The zero-order valence-electron chi connectivity index (χ0n) is 19.4. The van der Waals surface area contributed by atoms with Crippen LogP contribution in [0.25, 0.3) is 55.8 Å². The van der Waals surface area contributed by atoms with Gasteiger partial charge in [-0.15, -0.1) is 0 Å². The van der Waals surface area contributed by atoms with Crippen LogP contribution in [0.4, 0.5) is 10.1 Å². The van der Waals surface area contributed by atoms with Crippen molar-refractivity contribution in [2.75, 3.05) is 5.32 Å². The number of hydrogen-bond donors (Lipinski definition) is 3. The molecule has 1 aromatic carbocycles. The fraction of sp³-hybridized carbons (Fsp3) is 0.0741. The summed E-state index contributed by atoms with van der Waals surface area (Å²) in [4.78, 5) is 21.0. The lowest BCUT2D eigenvalue weighted by molar-refractivity contribution is 0.643. The molecule has 176 valence electrons. The summed E-state index contributed by atoms with van der Waals surface area (Å²) < 4.78 is 16.0. The zero-order valence-corrected chi connectivity index (χ0v) is 19.4. The Morgan fingerprint density at radius 2 is 1.89 bits per heavy atom. The van der Waals surface area contributed by atoms with Crippen LogP contribution in [0.2, 0.25) is 0 Å². The first kappa shape index (κ1) is 21.6. The highest BCUT2D eigenvalue weighted by atomic mass is 19.1. The van der Waals surface area contributed by atoms with Crippen LogP contribution in [-0.2, 0) is 0 Å². The monoisotopic (exact) mass is 476 g/mol. The van der Waals surface area contributed by atoms with Crippen molar-refractivity contribution in [2.24, 2.45) is 0 Å². The Morgan fingerprint density at radius 3 is 2.72 bits per heavy atom. The van der Waals surface area contributed by atoms with Gasteiger partial charge in [0.1, 0.15) is 17.0 Å². The van der Waals surface area contributed by atoms with Gasteiger partial charge in [-0.05, 0) is 42.8 Å². The van der Waals surface area contributed by atoms with Crippen molar-refractivity contribution < 1.29 is 4.39 Å². The van der Waals surface area contributed by atoms with E-state index in [1.807, 2.05) is 31.2 Å². The first-order valence-corrected chi connectivity index (χ1v) is 11.4. The van der Waals surface area contributed by atoms with Crippen LogP contribution in [0.1, 0.15) is 13.3 Å². The third-order valence-electron chi connectivity index (χ3n) is 6.02. The zero-order chi connectivity index (χ0) is 24.6. The number of nitrogens with zero attached hydrogens (tertiary/aromatic N) is 5. The number of aromatic amines is 2. The van der Waals surface area contributed by atoms with Crippen LogP contribution in [0, 0.1) is 5.82 Å². The lowest BCUT2D eigenvalue weighted by atomic mass is 10.0. The van der Waals surface area contributed by atoms with E-state index in [0.717, 1.165) is 28.9 Å². The molecule has 6 aromatic rings. The summed E-state index contributed by atoms with van der Waals surface area (Å²) in [6, 6.07) is 11.0. The Hall–Kier alpha value is -4.92. The smallest absolute Gasteiger partial charge is 0.159 e. The molecule has 0 aliphatic heterocycles. The average molecular weight is 477 g/mol. The van der Waals surface area contributed by atoms with Gasteiger partial charge in [0.05, 0.1) is 34.0 Å². The van der Waals surface area contributed by atoms with E-state index in [-0.39, 0.29) is 0 Å². The van der Waals surface area contributed by atoms with Gasteiger partial charge in [-0.3, -0.25) is 20.1 Å². The van der Waals surface area contributed by atoms with E-state index in [1.54, 1.807) is 43.1 Å². The van der Waals surface area contributed by atoms with Gasteiger partial charge in [-0.1, -0.05) is 13.5 Å². The van der Waals surface area contributed by atoms with Crippen LogP contribution in [-0.4, -0.2) is 35.1 Å². The molecule has 9 heteroatoms. The standard InChI is InChI=1S/C27H21FN8/c1-3-15(2)32-18-11-17(13-30-14-18)19-6-7-20-22(23(19)28)26(36-35-20)27-33-21-8-10-31-24(25(21)34-27)16-5-4-9-29-12-16/h4-14,32H,2-3H2,1H3,(H,33,34)(H,35,36). The Labute approximate surface area is 205 Å².